The minimum atomic E-state index is -0.684. The summed E-state index contributed by atoms with van der Waals surface area (Å²) in [4.78, 5) is 5.85. The van der Waals surface area contributed by atoms with Crippen molar-refractivity contribution < 1.29 is 19.8 Å². The van der Waals surface area contributed by atoms with E-state index in [1.807, 2.05) is 35.4 Å². The Kier molecular flexibility index (Phi) is 2.65. The van der Waals surface area contributed by atoms with Crippen LogP contribution in [0.1, 0.15) is 5.56 Å². The van der Waals surface area contributed by atoms with Gasteiger partial charge >= 0.3 is 0 Å². The Morgan fingerprint density at radius 1 is 1.16 bits per heavy atom. The molecule has 0 aromatic heterocycles. The predicted octanol–water partition coefficient (Wildman–Crippen LogP) is -0.0786. The van der Waals surface area contributed by atoms with Gasteiger partial charge < -0.3 is 14.9 Å². The van der Waals surface area contributed by atoms with Crippen LogP contribution < -0.4 is 0 Å². The van der Waals surface area contributed by atoms with E-state index in [2.05, 4.69) is 0 Å². The van der Waals surface area contributed by atoms with Gasteiger partial charge in [0, 0.05) is 12.5 Å². The zero-order chi connectivity index (χ0) is 13.0. The molecule has 0 amide bonds. The average molecular weight is 263 g/mol. The fourth-order valence-corrected chi connectivity index (χ4v) is 3.61. The number of hydrogen-bond donors (Lipinski definition) is 2. The molecule has 3 fully saturated rings. The first-order chi connectivity index (χ1) is 9.25. The largest absolute Gasteiger partial charge is 0.390 e. The van der Waals surface area contributed by atoms with Crippen molar-refractivity contribution in [2.24, 2.45) is 5.92 Å². The summed E-state index contributed by atoms with van der Waals surface area (Å²) in [5.74, 6) is -0.0440. The maximum atomic E-state index is 10.3. The molecule has 2 heterocycles. The van der Waals surface area contributed by atoms with Crippen LogP contribution in [-0.2, 0) is 16.1 Å². The fourth-order valence-electron chi connectivity index (χ4n) is 3.61. The Morgan fingerprint density at radius 2 is 1.95 bits per heavy atom. The van der Waals surface area contributed by atoms with Crippen LogP contribution in [0.25, 0.3) is 0 Å². The molecule has 5 heteroatoms. The Hall–Kier alpha value is -0.980. The van der Waals surface area contributed by atoms with Crippen LogP contribution in [0.2, 0.25) is 0 Å². The summed E-state index contributed by atoms with van der Waals surface area (Å²) in [5.41, 5.74) is 1.13. The predicted molar refractivity (Wildman–Crippen MR) is 65.9 cm³/mol. The maximum Gasteiger partial charge on any atom is 0.111 e. The smallest absolute Gasteiger partial charge is 0.111 e. The van der Waals surface area contributed by atoms with Crippen LogP contribution in [0.3, 0.4) is 0 Å². The van der Waals surface area contributed by atoms with E-state index < -0.39 is 18.3 Å². The highest BCUT2D eigenvalue weighted by molar-refractivity contribution is 5.16. The molecule has 1 aromatic carbocycles. The quantitative estimate of drug-likeness (QED) is 0.781. The van der Waals surface area contributed by atoms with Gasteiger partial charge in [0.15, 0.2) is 0 Å². The van der Waals surface area contributed by atoms with Crippen molar-refractivity contribution >= 4 is 0 Å². The zero-order valence-corrected chi connectivity index (χ0v) is 10.4. The van der Waals surface area contributed by atoms with Crippen LogP contribution in [0, 0.1) is 5.92 Å². The maximum absolute atomic E-state index is 10.3. The number of hydrogen-bond acceptors (Lipinski definition) is 5. The highest BCUT2D eigenvalue weighted by Crippen LogP contribution is 2.45. The number of aliphatic hydroxyl groups is 2. The molecule has 2 saturated heterocycles. The van der Waals surface area contributed by atoms with E-state index in [9.17, 15) is 10.2 Å². The molecule has 5 nitrogen and oxygen atoms in total. The van der Waals surface area contributed by atoms with E-state index in [1.165, 1.54) is 0 Å². The minimum absolute atomic E-state index is 0.0440. The van der Waals surface area contributed by atoms with Crippen molar-refractivity contribution in [3.63, 3.8) is 0 Å². The summed E-state index contributed by atoms with van der Waals surface area (Å²) in [5, 5.41) is 22.3. The third-order valence-corrected chi connectivity index (χ3v) is 4.48. The van der Waals surface area contributed by atoms with Crippen LogP contribution in [0.5, 0.6) is 0 Å². The number of aliphatic hydroxyl groups excluding tert-OH is 2. The highest BCUT2D eigenvalue weighted by Gasteiger charge is 2.63. The first kappa shape index (κ1) is 11.8. The second-order valence-corrected chi connectivity index (χ2v) is 5.55. The molecule has 6 atom stereocenters. The van der Waals surface area contributed by atoms with Crippen molar-refractivity contribution in [3.05, 3.63) is 35.9 Å². The number of ether oxygens (including phenoxy) is 1. The molecule has 19 heavy (non-hydrogen) atoms. The number of nitrogens with zero attached hydrogens (tertiary/aromatic N) is 1. The topological polar surface area (TPSA) is 62.2 Å². The summed E-state index contributed by atoms with van der Waals surface area (Å²) in [6.07, 6.45) is -1.92. The Morgan fingerprint density at radius 3 is 2.74 bits per heavy atom. The number of hydroxylamine groups is 2. The van der Waals surface area contributed by atoms with Gasteiger partial charge in [-0.25, -0.2) is 0 Å². The summed E-state index contributed by atoms with van der Waals surface area (Å²) < 4.78 is 5.47. The Bertz CT molecular complexity index is 468. The molecule has 2 aliphatic heterocycles. The molecule has 102 valence electrons. The van der Waals surface area contributed by atoms with Gasteiger partial charge in [-0.3, -0.25) is 4.84 Å². The van der Waals surface area contributed by atoms with Gasteiger partial charge in [-0.2, -0.15) is 5.06 Å². The molecule has 0 radical (unpaired) electrons. The molecule has 1 aromatic rings. The molecule has 4 rings (SSSR count). The second kappa shape index (κ2) is 4.26. The van der Waals surface area contributed by atoms with Crippen LogP contribution in [0.15, 0.2) is 30.3 Å². The van der Waals surface area contributed by atoms with Crippen molar-refractivity contribution in [1.82, 2.24) is 5.06 Å². The van der Waals surface area contributed by atoms with E-state index in [0.717, 1.165) is 5.56 Å². The number of fused-ring (bicyclic) bond motifs is 1. The first-order valence-electron chi connectivity index (χ1n) is 6.71. The lowest BCUT2D eigenvalue weighted by Crippen LogP contribution is -2.46. The number of rotatable bonds is 2. The normalized spacial score (nSPS) is 44.7. The molecular weight excluding hydrogens is 246 g/mol. The molecule has 2 bridgehead atoms. The SMILES string of the molecule is O[C@@H]1[C@H]2OC[C@H]3ON(Cc4ccccc4)[C@@H]1[C@H]3[C@H]2O. The Labute approximate surface area is 111 Å². The standard InChI is InChI=1S/C14H17NO4/c16-12-10-9-7-18-14(12)13(17)11(10)15(19-9)6-8-4-2-1-3-5-8/h1-5,9-14,16-17H,6-7H2/t9-,10+,11-,12-,13+,14+/m1/s1. The van der Waals surface area contributed by atoms with Gasteiger partial charge in [0.25, 0.3) is 0 Å². The summed E-state index contributed by atoms with van der Waals surface area (Å²) in [6.45, 7) is 1.07. The van der Waals surface area contributed by atoms with E-state index >= 15 is 0 Å². The van der Waals surface area contributed by atoms with E-state index in [1.54, 1.807) is 0 Å². The van der Waals surface area contributed by atoms with Crippen LogP contribution in [0.4, 0.5) is 0 Å². The van der Waals surface area contributed by atoms with Crippen LogP contribution in [-0.4, -0.2) is 52.3 Å². The van der Waals surface area contributed by atoms with E-state index in [-0.39, 0.29) is 18.1 Å². The van der Waals surface area contributed by atoms with Crippen molar-refractivity contribution in [2.45, 2.75) is 37.0 Å². The average Bonchev–Trinajstić information content (AvgIpc) is 2.84. The molecule has 1 saturated carbocycles. The van der Waals surface area contributed by atoms with Gasteiger partial charge in [-0.15, -0.1) is 0 Å². The first-order valence-corrected chi connectivity index (χ1v) is 6.71. The molecule has 0 spiro atoms. The lowest BCUT2D eigenvalue weighted by Gasteiger charge is -2.32. The lowest BCUT2D eigenvalue weighted by molar-refractivity contribution is -0.241. The van der Waals surface area contributed by atoms with Gasteiger partial charge in [0.2, 0.25) is 0 Å². The summed E-state index contributed by atoms with van der Waals surface area (Å²) in [6, 6.07) is 9.83. The van der Waals surface area contributed by atoms with Gasteiger partial charge in [0.05, 0.1) is 18.8 Å². The molecule has 3 aliphatic rings. The lowest BCUT2D eigenvalue weighted by atomic mass is 9.95. The van der Waals surface area contributed by atoms with Gasteiger partial charge in [-0.05, 0) is 5.56 Å². The third kappa shape index (κ3) is 1.67. The Balaban J connectivity index is 1.60. The summed E-state index contributed by atoms with van der Waals surface area (Å²) >= 11 is 0. The van der Waals surface area contributed by atoms with Gasteiger partial charge in [0.1, 0.15) is 18.3 Å². The third-order valence-electron chi connectivity index (χ3n) is 4.48. The van der Waals surface area contributed by atoms with E-state index in [4.69, 9.17) is 9.57 Å². The molecular formula is C14H17NO4. The van der Waals surface area contributed by atoms with Crippen molar-refractivity contribution in [3.8, 4) is 0 Å². The van der Waals surface area contributed by atoms with Crippen LogP contribution >= 0.6 is 0 Å². The van der Waals surface area contributed by atoms with Gasteiger partial charge in [-0.1, -0.05) is 30.3 Å². The molecule has 1 aliphatic carbocycles. The molecule has 2 N–H and O–H groups in total. The number of benzene rings is 1. The van der Waals surface area contributed by atoms with Crippen molar-refractivity contribution in [1.29, 1.82) is 0 Å². The van der Waals surface area contributed by atoms with E-state index in [0.29, 0.717) is 13.2 Å². The molecule has 0 unspecified atom stereocenters. The van der Waals surface area contributed by atoms with Crippen molar-refractivity contribution in [2.75, 3.05) is 6.61 Å². The second-order valence-electron chi connectivity index (χ2n) is 5.55. The monoisotopic (exact) mass is 263 g/mol. The zero-order valence-electron chi connectivity index (χ0n) is 10.4. The fraction of sp³-hybridized carbons (Fsp3) is 0.571. The summed E-state index contributed by atoms with van der Waals surface area (Å²) in [7, 11) is 0. The minimum Gasteiger partial charge on any atom is -0.390 e. The highest BCUT2D eigenvalue weighted by atomic mass is 16.7.